The van der Waals surface area contributed by atoms with E-state index in [9.17, 15) is 0 Å². The maximum Gasteiger partial charge on any atom is 0.0551 e. The van der Waals surface area contributed by atoms with Crippen LogP contribution in [0.4, 0.5) is 0 Å². The zero-order valence-corrected chi connectivity index (χ0v) is 8.33. The van der Waals surface area contributed by atoms with Crippen molar-refractivity contribution in [2.45, 2.75) is 44.8 Å². The van der Waals surface area contributed by atoms with Crippen LogP contribution in [0.5, 0.6) is 0 Å². The number of hydrogen-bond donors (Lipinski definition) is 2. The average molecular weight is 184 g/mol. The van der Waals surface area contributed by atoms with Gasteiger partial charge in [-0.25, -0.2) is 0 Å². The van der Waals surface area contributed by atoms with E-state index in [2.05, 4.69) is 12.3 Å². The van der Waals surface area contributed by atoms with Gasteiger partial charge >= 0.3 is 0 Å². The lowest BCUT2D eigenvalue weighted by atomic mass is 9.93. The minimum absolute atomic E-state index is 0.431. The van der Waals surface area contributed by atoms with Gasteiger partial charge in [0.2, 0.25) is 0 Å². The van der Waals surface area contributed by atoms with Crippen LogP contribution in [-0.2, 0) is 4.74 Å². The molecule has 3 N–H and O–H groups in total. The smallest absolute Gasteiger partial charge is 0.0551 e. The molecule has 2 fully saturated rings. The first-order valence-electron chi connectivity index (χ1n) is 5.37. The highest BCUT2D eigenvalue weighted by Gasteiger charge is 2.33. The third-order valence-electron chi connectivity index (χ3n) is 3.30. The number of hydrogen-bond acceptors (Lipinski definition) is 3. The average Bonchev–Trinajstić information content (AvgIpc) is 2.84. The number of nitrogens with one attached hydrogen (secondary N) is 1. The Labute approximate surface area is 80.0 Å². The quantitative estimate of drug-likeness (QED) is 0.507. The predicted octanol–water partition coefficient (Wildman–Crippen LogP) is 1.04. The molecular formula is C10H20N2O. The van der Waals surface area contributed by atoms with Crippen molar-refractivity contribution in [3.63, 3.8) is 0 Å². The van der Waals surface area contributed by atoms with Crippen LogP contribution < -0.4 is 11.3 Å². The van der Waals surface area contributed by atoms with E-state index in [-0.39, 0.29) is 0 Å². The Kier molecular flexibility index (Phi) is 2.86. The summed E-state index contributed by atoms with van der Waals surface area (Å²) in [6, 6.07) is 0.484. The summed E-state index contributed by atoms with van der Waals surface area (Å²) in [5.74, 6) is 7.15. The van der Waals surface area contributed by atoms with Crippen molar-refractivity contribution in [1.29, 1.82) is 0 Å². The first-order valence-corrected chi connectivity index (χ1v) is 5.37. The number of ether oxygens (including phenoxy) is 1. The van der Waals surface area contributed by atoms with Crippen LogP contribution in [0, 0.1) is 11.8 Å². The summed E-state index contributed by atoms with van der Waals surface area (Å²) in [5.41, 5.74) is 2.96. The van der Waals surface area contributed by atoms with E-state index in [0.29, 0.717) is 18.1 Å². The molecule has 3 nitrogen and oxygen atoms in total. The molecular weight excluding hydrogens is 164 g/mol. The number of hydrazine groups is 1. The molecule has 0 aromatic carbocycles. The van der Waals surface area contributed by atoms with Crippen LogP contribution in [0.1, 0.15) is 32.6 Å². The zero-order chi connectivity index (χ0) is 9.26. The van der Waals surface area contributed by atoms with Crippen molar-refractivity contribution in [3.8, 4) is 0 Å². The van der Waals surface area contributed by atoms with Crippen molar-refractivity contribution in [1.82, 2.24) is 5.43 Å². The molecule has 0 spiro atoms. The molecule has 3 atom stereocenters. The van der Waals surface area contributed by atoms with E-state index in [1.807, 2.05) is 0 Å². The Morgan fingerprint density at radius 1 is 1.54 bits per heavy atom. The monoisotopic (exact) mass is 184 g/mol. The molecule has 3 heteroatoms. The summed E-state index contributed by atoms with van der Waals surface area (Å²) >= 11 is 0. The summed E-state index contributed by atoms with van der Waals surface area (Å²) in [6.07, 6.45) is 5.65. The van der Waals surface area contributed by atoms with Gasteiger partial charge < -0.3 is 4.74 Å². The molecule has 0 aromatic rings. The first kappa shape index (κ1) is 9.44. The van der Waals surface area contributed by atoms with Crippen molar-refractivity contribution in [3.05, 3.63) is 0 Å². The van der Waals surface area contributed by atoms with E-state index in [0.717, 1.165) is 12.5 Å². The normalized spacial score (nSPS) is 36.5. The fourth-order valence-electron chi connectivity index (χ4n) is 2.24. The molecule has 1 aliphatic carbocycles. The van der Waals surface area contributed by atoms with Gasteiger partial charge in [0, 0.05) is 12.0 Å². The molecule has 1 heterocycles. The Balaban J connectivity index is 1.80. The minimum Gasteiger partial charge on any atom is -0.378 e. The van der Waals surface area contributed by atoms with Gasteiger partial charge in [-0.1, -0.05) is 12.8 Å². The topological polar surface area (TPSA) is 47.3 Å². The highest BCUT2D eigenvalue weighted by Crippen LogP contribution is 2.36. The fraction of sp³-hybridized carbons (Fsp3) is 1.00. The number of rotatable bonds is 4. The summed E-state index contributed by atoms with van der Waals surface area (Å²) in [4.78, 5) is 0. The molecule has 1 saturated heterocycles. The Bertz CT molecular complexity index is 170. The number of nitrogens with two attached hydrogens (primary N) is 1. The second-order valence-electron chi connectivity index (χ2n) is 4.59. The molecule has 76 valence electrons. The maximum absolute atomic E-state index is 5.57. The van der Waals surface area contributed by atoms with E-state index in [4.69, 9.17) is 10.6 Å². The van der Waals surface area contributed by atoms with Crippen LogP contribution in [0.25, 0.3) is 0 Å². The van der Waals surface area contributed by atoms with Gasteiger partial charge in [-0.2, -0.15) is 0 Å². The van der Waals surface area contributed by atoms with Gasteiger partial charge in [-0.3, -0.25) is 11.3 Å². The summed E-state index contributed by atoms with van der Waals surface area (Å²) in [7, 11) is 0. The lowest BCUT2D eigenvalue weighted by Gasteiger charge is -2.21. The van der Waals surface area contributed by atoms with Gasteiger partial charge in [-0.15, -0.1) is 0 Å². The van der Waals surface area contributed by atoms with Crippen molar-refractivity contribution in [2.75, 3.05) is 6.61 Å². The Hall–Kier alpha value is -0.120. The standard InChI is InChI=1S/C10H20N2O/c1-7-4-9(6-13-7)10(12-11)5-8-2-3-8/h7-10,12H,2-6,11H2,1H3. The molecule has 2 aliphatic rings. The predicted molar refractivity (Wildman–Crippen MR) is 52.0 cm³/mol. The minimum atomic E-state index is 0.431. The summed E-state index contributed by atoms with van der Waals surface area (Å²) < 4.78 is 5.55. The maximum atomic E-state index is 5.57. The summed E-state index contributed by atoms with van der Waals surface area (Å²) in [6.45, 7) is 3.04. The third-order valence-corrected chi connectivity index (χ3v) is 3.30. The molecule has 1 saturated carbocycles. The fourth-order valence-corrected chi connectivity index (χ4v) is 2.24. The zero-order valence-electron chi connectivity index (χ0n) is 8.33. The lowest BCUT2D eigenvalue weighted by molar-refractivity contribution is 0.116. The van der Waals surface area contributed by atoms with Crippen molar-refractivity contribution in [2.24, 2.45) is 17.7 Å². The molecule has 0 aromatic heterocycles. The van der Waals surface area contributed by atoms with Crippen LogP contribution in [0.15, 0.2) is 0 Å². The molecule has 3 unspecified atom stereocenters. The first-order chi connectivity index (χ1) is 6.29. The van der Waals surface area contributed by atoms with E-state index >= 15 is 0 Å². The SMILES string of the molecule is CC1CC(C(CC2CC2)NN)CO1. The second-order valence-corrected chi connectivity index (χ2v) is 4.59. The molecule has 1 aliphatic heterocycles. The van der Waals surface area contributed by atoms with Crippen molar-refractivity contribution < 1.29 is 4.74 Å². The third kappa shape index (κ3) is 2.42. The van der Waals surface area contributed by atoms with Crippen LogP contribution in [0.2, 0.25) is 0 Å². The Morgan fingerprint density at radius 3 is 2.77 bits per heavy atom. The molecule has 13 heavy (non-hydrogen) atoms. The van der Waals surface area contributed by atoms with Crippen LogP contribution in [-0.4, -0.2) is 18.8 Å². The van der Waals surface area contributed by atoms with E-state index < -0.39 is 0 Å². The Morgan fingerprint density at radius 2 is 2.31 bits per heavy atom. The van der Waals surface area contributed by atoms with Gasteiger partial charge in [0.25, 0.3) is 0 Å². The lowest BCUT2D eigenvalue weighted by Crippen LogP contribution is -2.41. The van der Waals surface area contributed by atoms with Gasteiger partial charge in [0.05, 0.1) is 12.7 Å². The molecule has 0 radical (unpaired) electrons. The molecule has 0 amide bonds. The molecule has 2 rings (SSSR count). The largest absolute Gasteiger partial charge is 0.378 e. The van der Waals surface area contributed by atoms with Crippen LogP contribution in [0.3, 0.4) is 0 Å². The van der Waals surface area contributed by atoms with E-state index in [1.165, 1.54) is 25.7 Å². The second kappa shape index (κ2) is 3.95. The van der Waals surface area contributed by atoms with E-state index in [1.54, 1.807) is 0 Å². The van der Waals surface area contributed by atoms with Gasteiger partial charge in [-0.05, 0) is 25.7 Å². The van der Waals surface area contributed by atoms with Gasteiger partial charge in [0.15, 0.2) is 0 Å². The highest BCUT2D eigenvalue weighted by molar-refractivity contribution is 4.86. The van der Waals surface area contributed by atoms with Crippen molar-refractivity contribution >= 4 is 0 Å². The molecule has 0 bridgehead atoms. The highest BCUT2D eigenvalue weighted by atomic mass is 16.5. The van der Waals surface area contributed by atoms with Gasteiger partial charge in [0.1, 0.15) is 0 Å². The van der Waals surface area contributed by atoms with Crippen LogP contribution >= 0.6 is 0 Å². The summed E-state index contributed by atoms with van der Waals surface area (Å²) in [5, 5.41) is 0.